The molecular weight excluding hydrogens is 240 g/mol. The molecule has 0 rings (SSSR count). The lowest BCUT2D eigenvalue weighted by atomic mass is 9.92. The number of hydrogen-bond acceptors (Lipinski definition) is 0. The van der Waals surface area contributed by atoms with Gasteiger partial charge < -0.3 is 0 Å². The molecule has 3 unspecified atom stereocenters. The zero-order chi connectivity index (χ0) is 15.2. The van der Waals surface area contributed by atoms with Gasteiger partial charge in [-0.1, -0.05) is 90.9 Å². The molecule has 3 atom stereocenters. The Balaban J connectivity index is 3.50. The van der Waals surface area contributed by atoms with Crippen LogP contribution in [0.5, 0.6) is 0 Å². The fourth-order valence-corrected chi connectivity index (χ4v) is 2.62. The number of hydrogen-bond donors (Lipinski definition) is 0. The van der Waals surface area contributed by atoms with Crippen molar-refractivity contribution in [3.05, 3.63) is 24.8 Å². The van der Waals surface area contributed by atoms with Crippen LogP contribution in [0.15, 0.2) is 24.8 Å². The first kappa shape index (κ1) is 19.5. The highest BCUT2D eigenvalue weighted by Crippen LogP contribution is 2.21. The second kappa shape index (κ2) is 13.5. The molecule has 20 heavy (non-hydrogen) atoms. The van der Waals surface area contributed by atoms with Gasteiger partial charge in [0.1, 0.15) is 0 Å². The molecule has 0 aliphatic carbocycles. The fraction of sp³-hybridized carbons (Fsp3) is 0.800. The average molecular weight is 279 g/mol. The van der Waals surface area contributed by atoms with Crippen molar-refractivity contribution in [3.63, 3.8) is 0 Å². The number of allylic oxidation sites excluding steroid dienone is 3. The Morgan fingerprint density at radius 1 is 0.800 bits per heavy atom. The quantitative estimate of drug-likeness (QED) is 0.313. The molecule has 0 fully saturated rings. The van der Waals surface area contributed by atoms with Gasteiger partial charge in [-0.2, -0.15) is 0 Å². The Morgan fingerprint density at radius 2 is 1.35 bits per heavy atom. The zero-order valence-corrected chi connectivity index (χ0v) is 14.5. The van der Waals surface area contributed by atoms with Crippen molar-refractivity contribution < 1.29 is 0 Å². The van der Waals surface area contributed by atoms with Crippen LogP contribution in [0, 0.1) is 17.8 Å². The van der Waals surface area contributed by atoms with Gasteiger partial charge in [0, 0.05) is 0 Å². The summed E-state index contributed by atoms with van der Waals surface area (Å²) in [4.78, 5) is 0. The van der Waals surface area contributed by atoms with E-state index in [0.29, 0.717) is 0 Å². The van der Waals surface area contributed by atoms with E-state index in [4.69, 9.17) is 0 Å². The van der Waals surface area contributed by atoms with Crippen LogP contribution in [-0.2, 0) is 0 Å². The molecular formula is C20H38. The minimum Gasteiger partial charge on any atom is -0.103 e. The van der Waals surface area contributed by atoms with E-state index in [2.05, 4.69) is 46.4 Å². The molecule has 0 amide bonds. The lowest BCUT2D eigenvalue weighted by Crippen LogP contribution is -2.00. The zero-order valence-electron chi connectivity index (χ0n) is 14.5. The monoisotopic (exact) mass is 278 g/mol. The summed E-state index contributed by atoms with van der Waals surface area (Å²) in [7, 11) is 0. The summed E-state index contributed by atoms with van der Waals surface area (Å²) in [6.45, 7) is 13.2. The highest BCUT2D eigenvalue weighted by Gasteiger charge is 2.06. The smallest absolute Gasteiger partial charge is 0.0172 e. The van der Waals surface area contributed by atoms with Gasteiger partial charge in [0.25, 0.3) is 0 Å². The van der Waals surface area contributed by atoms with Crippen molar-refractivity contribution in [3.8, 4) is 0 Å². The summed E-state index contributed by atoms with van der Waals surface area (Å²) in [6.07, 6.45) is 18.6. The summed E-state index contributed by atoms with van der Waals surface area (Å²) in [5, 5.41) is 0. The van der Waals surface area contributed by atoms with Crippen molar-refractivity contribution >= 4 is 0 Å². The van der Waals surface area contributed by atoms with Crippen molar-refractivity contribution in [2.75, 3.05) is 0 Å². The maximum absolute atomic E-state index is 3.74. The fourth-order valence-electron chi connectivity index (χ4n) is 2.62. The molecule has 0 aromatic carbocycles. The van der Waals surface area contributed by atoms with E-state index in [1.54, 1.807) is 0 Å². The van der Waals surface area contributed by atoms with Crippen LogP contribution < -0.4 is 0 Å². The van der Waals surface area contributed by atoms with Gasteiger partial charge in [0.15, 0.2) is 0 Å². The third-order valence-electron chi connectivity index (χ3n) is 4.49. The molecule has 118 valence electrons. The summed E-state index contributed by atoms with van der Waals surface area (Å²) >= 11 is 0. The highest BCUT2D eigenvalue weighted by molar-refractivity contribution is 4.89. The lowest BCUT2D eigenvalue weighted by molar-refractivity contribution is 0.392. The molecule has 0 aliphatic rings. The normalized spacial score (nSPS) is 16.2. The molecule has 0 spiro atoms. The van der Waals surface area contributed by atoms with Gasteiger partial charge in [-0.3, -0.25) is 0 Å². The van der Waals surface area contributed by atoms with Crippen LogP contribution in [0.25, 0.3) is 0 Å². The van der Waals surface area contributed by atoms with E-state index in [0.717, 1.165) is 24.2 Å². The van der Waals surface area contributed by atoms with E-state index >= 15 is 0 Å². The van der Waals surface area contributed by atoms with Gasteiger partial charge in [0.2, 0.25) is 0 Å². The van der Waals surface area contributed by atoms with Crippen LogP contribution >= 0.6 is 0 Å². The summed E-state index contributed by atoms with van der Waals surface area (Å²) in [6, 6.07) is 0. The summed E-state index contributed by atoms with van der Waals surface area (Å²) in [5.74, 6) is 2.68. The topological polar surface area (TPSA) is 0 Å². The lowest BCUT2D eigenvalue weighted by Gasteiger charge is -2.14. The Kier molecular flexibility index (Phi) is 13.1. The first-order valence-electron chi connectivity index (χ1n) is 8.85. The average Bonchev–Trinajstić information content (AvgIpc) is 2.43. The van der Waals surface area contributed by atoms with E-state index in [1.165, 1.54) is 51.4 Å². The third-order valence-corrected chi connectivity index (χ3v) is 4.49. The minimum atomic E-state index is 0.836. The van der Waals surface area contributed by atoms with Crippen LogP contribution in [0.4, 0.5) is 0 Å². The van der Waals surface area contributed by atoms with Gasteiger partial charge in [-0.15, -0.1) is 6.58 Å². The van der Waals surface area contributed by atoms with Crippen molar-refractivity contribution in [1.82, 2.24) is 0 Å². The van der Waals surface area contributed by atoms with Crippen molar-refractivity contribution in [2.45, 2.75) is 85.5 Å². The molecule has 0 aliphatic heterocycles. The molecule has 0 saturated heterocycles. The first-order valence-corrected chi connectivity index (χ1v) is 8.85. The molecule has 0 heterocycles. The first-order chi connectivity index (χ1) is 9.60. The predicted octanol–water partition coefficient (Wildman–Crippen LogP) is 7.17. The summed E-state index contributed by atoms with van der Waals surface area (Å²) < 4.78 is 0. The predicted molar refractivity (Wildman–Crippen MR) is 94.1 cm³/mol. The van der Waals surface area contributed by atoms with Crippen molar-refractivity contribution in [1.29, 1.82) is 0 Å². The maximum atomic E-state index is 3.74. The van der Waals surface area contributed by atoms with E-state index in [9.17, 15) is 0 Å². The molecule has 0 radical (unpaired) electrons. The largest absolute Gasteiger partial charge is 0.103 e. The Labute approximate surface area is 128 Å². The van der Waals surface area contributed by atoms with Gasteiger partial charge >= 0.3 is 0 Å². The van der Waals surface area contributed by atoms with E-state index in [1.807, 2.05) is 6.08 Å². The third kappa shape index (κ3) is 12.5. The number of rotatable bonds is 13. The van der Waals surface area contributed by atoms with Crippen LogP contribution in [-0.4, -0.2) is 0 Å². The van der Waals surface area contributed by atoms with Gasteiger partial charge in [0.05, 0.1) is 0 Å². The Morgan fingerprint density at radius 3 is 1.90 bits per heavy atom. The SMILES string of the molecule is C=CCC=CCC(C)CCCC(C)CCCC(C)CC. The van der Waals surface area contributed by atoms with Crippen LogP contribution in [0.3, 0.4) is 0 Å². The Bertz CT molecular complexity index is 238. The van der Waals surface area contributed by atoms with Crippen LogP contribution in [0.1, 0.15) is 85.5 Å². The molecule has 0 aromatic rings. The second-order valence-electron chi connectivity index (χ2n) is 6.82. The molecule has 0 aromatic heterocycles. The maximum Gasteiger partial charge on any atom is -0.0172 e. The Hall–Kier alpha value is -0.520. The molecule has 0 bridgehead atoms. The van der Waals surface area contributed by atoms with Gasteiger partial charge in [-0.05, 0) is 30.6 Å². The minimum absolute atomic E-state index is 0.836. The molecule has 0 saturated carbocycles. The molecule has 0 N–H and O–H groups in total. The summed E-state index contributed by atoms with van der Waals surface area (Å²) in [5.41, 5.74) is 0. The standard InChI is InChI=1S/C20H38/c1-6-8-9-10-13-19(4)16-12-17-20(5)15-11-14-18(3)7-2/h6,9-10,18-20H,1,7-8,11-17H2,2-5H3. The van der Waals surface area contributed by atoms with E-state index < -0.39 is 0 Å². The van der Waals surface area contributed by atoms with Crippen molar-refractivity contribution in [2.24, 2.45) is 17.8 Å². The second-order valence-corrected chi connectivity index (χ2v) is 6.82. The van der Waals surface area contributed by atoms with Crippen LogP contribution in [0.2, 0.25) is 0 Å². The molecule has 0 nitrogen and oxygen atoms in total. The van der Waals surface area contributed by atoms with E-state index in [-0.39, 0.29) is 0 Å². The highest BCUT2D eigenvalue weighted by atomic mass is 14.1. The molecule has 0 heteroatoms. The van der Waals surface area contributed by atoms with Gasteiger partial charge in [-0.25, -0.2) is 0 Å².